The van der Waals surface area contributed by atoms with Gasteiger partial charge in [0.05, 0.1) is 12.2 Å². The summed E-state index contributed by atoms with van der Waals surface area (Å²) in [6.45, 7) is 1.94. The van der Waals surface area contributed by atoms with Crippen LogP contribution < -0.4 is 5.32 Å². The molecule has 0 saturated heterocycles. The Morgan fingerprint density at radius 2 is 1.83 bits per heavy atom. The number of nitrogens with one attached hydrogen (secondary N) is 1. The third-order valence-corrected chi connectivity index (χ3v) is 3.43. The highest BCUT2D eigenvalue weighted by Crippen LogP contribution is 2.25. The number of benzene rings is 2. The molecule has 0 bridgehead atoms. The van der Waals surface area contributed by atoms with Crippen molar-refractivity contribution in [3.8, 4) is 0 Å². The number of para-hydroxylation sites is 1. The van der Waals surface area contributed by atoms with Crippen molar-refractivity contribution >= 4 is 29.2 Å². The van der Waals surface area contributed by atoms with Crippen molar-refractivity contribution in [3.63, 3.8) is 0 Å². The van der Waals surface area contributed by atoms with E-state index in [2.05, 4.69) is 5.32 Å². The minimum Gasteiger partial charge on any atom is -0.478 e. The summed E-state index contributed by atoms with van der Waals surface area (Å²) in [7, 11) is 0. The van der Waals surface area contributed by atoms with Crippen molar-refractivity contribution in [2.24, 2.45) is 0 Å². The molecule has 0 fully saturated rings. The smallest absolute Gasteiger partial charge is 0.337 e. The van der Waals surface area contributed by atoms with Gasteiger partial charge in [-0.25, -0.2) is 9.59 Å². The maximum absolute atomic E-state index is 12.2. The number of halogens is 1. The monoisotopic (exact) mass is 333 g/mol. The molecule has 0 aromatic heterocycles. The Morgan fingerprint density at radius 1 is 1.17 bits per heavy atom. The van der Waals surface area contributed by atoms with Gasteiger partial charge in [-0.2, -0.15) is 0 Å². The van der Waals surface area contributed by atoms with E-state index in [0.29, 0.717) is 16.3 Å². The molecule has 1 atom stereocenters. The second kappa shape index (κ2) is 7.65. The molecule has 2 aromatic rings. The number of esters is 1. The Hall–Kier alpha value is -2.53. The number of hydrogen-bond acceptors (Lipinski definition) is 4. The van der Waals surface area contributed by atoms with E-state index in [4.69, 9.17) is 16.3 Å². The van der Waals surface area contributed by atoms with Crippen LogP contribution in [0.15, 0.2) is 48.5 Å². The Labute approximate surface area is 138 Å². The minimum absolute atomic E-state index is 0.0794. The molecule has 0 saturated carbocycles. The lowest BCUT2D eigenvalue weighted by Gasteiger charge is -2.20. The fraction of sp³-hybridized carbons (Fsp3) is 0.176. The zero-order valence-electron chi connectivity index (χ0n) is 12.5. The van der Waals surface area contributed by atoms with Crippen LogP contribution in [-0.4, -0.2) is 23.7 Å². The highest BCUT2D eigenvalue weighted by molar-refractivity contribution is 6.30. The number of carbonyl (C=O) groups is 2. The zero-order valence-corrected chi connectivity index (χ0v) is 13.2. The van der Waals surface area contributed by atoms with Gasteiger partial charge in [0.15, 0.2) is 6.04 Å². The van der Waals surface area contributed by atoms with Gasteiger partial charge in [-0.3, -0.25) is 0 Å². The predicted octanol–water partition coefficient (Wildman–Crippen LogP) is 3.75. The van der Waals surface area contributed by atoms with E-state index < -0.39 is 18.0 Å². The van der Waals surface area contributed by atoms with Crippen molar-refractivity contribution in [3.05, 3.63) is 64.7 Å². The first-order valence-corrected chi connectivity index (χ1v) is 7.41. The van der Waals surface area contributed by atoms with Gasteiger partial charge in [-0.15, -0.1) is 0 Å². The molecule has 5 nitrogen and oxygen atoms in total. The quantitative estimate of drug-likeness (QED) is 0.787. The van der Waals surface area contributed by atoms with Gasteiger partial charge in [0, 0.05) is 10.7 Å². The largest absolute Gasteiger partial charge is 0.478 e. The van der Waals surface area contributed by atoms with Crippen LogP contribution in [0.2, 0.25) is 5.02 Å². The Kier molecular flexibility index (Phi) is 5.60. The molecule has 23 heavy (non-hydrogen) atoms. The molecule has 0 aliphatic rings. The highest BCUT2D eigenvalue weighted by atomic mass is 35.5. The molecule has 0 aliphatic carbocycles. The average Bonchev–Trinajstić information content (AvgIpc) is 2.54. The van der Waals surface area contributed by atoms with Crippen molar-refractivity contribution in [1.29, 1.82) is 0 Å². The molecule has 2 aromatic carbocycles. The van der Waals surface area contributed by atoms with Gasteiger partial charge in [0.25, 0.3) is 0 Å². The van der Waals surface area contributed by atoms with Gasteiger partial charge >= 0.3 is 11.9 Å². The summed E-state index contributed by atoms with van der Waals surface area (Å²) in [5.74, 6) is -1.57. The van der Waals surface area contributed by atoms with Crippen LogP contribution in [0.1, 0.15) is 28.9 Å². The minimum atomic E-state index is -1.08. The van der Waals surface area contributed by atoms with Gasteiger partial charge in [0.1, 0.15) is 0 Å². The maximum atomic E-state index is 12.2. The topological polar surface area (TPSA) is 75.6 Å². The number of rotatable bonds is 6. The van der Waals surface area contributed by atoms with Crippen LogP contribution >= 0.6 is 11.6 Å². The second-order valence-corrected chi connectivity index (χ2v) is 5.17. The summed E-state index contributed by atoms with van der Waals surface area (Å²) in [6.07, 6.45) is 0. The summed E-state index contributed by atoms with van der Waals surface area (Å²) in [4.78, 5) is 23.6. The van der Waals surface area contributed by atoms with Crippen LogP contribution in [0.4, 0.5) is 5.69 Å². The number of anilines is 1. The van der Waals surface area contributed by atoms with Crippen LogP contribution in [-0.2, 0) is 9.53 Å². The lowest BCUT2D eigenvalue weighted by molar-refractivity contribution is -0.144. The van der Waals surface area contributed by atoms with Gasteiger partial charge in [-0.05, 0) is 36.8 Å². The average molecular weight is 334 g/mol. The van der Waals surface area contributed by atoms with E-state index in [1.165, 1.54) is 6.07 Å². The van der Waals surface area contributed by atoms with E-state index in [9.17, 15) is 14.7 Å². The first-order chi connectivity index (χ1) is 11.0. The fourth-order valence-corrected chi connectivity index (χ4v) is 2.24. The van der Waals surface area contributed by atoms with E-state index in [1.54, 1.807) is 49.4 Å². The van der Waals surface area contributed by atoms with E-state index in [-0.39, 0.29) is 12.2 Å². The highest BCUT2D eigenvalue weighted by Gasteiger charge is 2.23. The molecule has 0 heterocycles. The maximum Gasteiger partial charge on any atom is 0.337 e. The lowest BCUT2D eigenvalue weighted by atomic mass is 10.1. The normalized spacial score (nSPS) is 11.6. The molecular weight excluding hydrogens is 318 g/mol. The summed E-state index contributed by atoms with van der Waals surface area (Å²) in [5, 5.41) is 12.7. The summed E-state index contributed by atoms with van der Waals surface area (Å²) in [6, 6.07) is 12.3. The van der Waals surface area contributed by atoms with Crippen LogP contribution in [0, 0.1) is 0 Å². The fourth-order valence-electron chi connectivity index (χ4n) is 2.11. The van der Waals surface area contributed by atoms with Crippen LogP contribution in [0.3, 0.4) is 0 Å². The van der Waals surface area contributed by atoms with Crippen molar-refractivity contribution in [1.82, 2.24) is 0 Å². The van der Waals surface area contributed by atoms with Crippen LogP contribution in [0.5, 0.6) is 0 Å². The van der Waals surface area contributed by atoms with E-state index >= 15 is 0 Å². The Bertz CT molecular complexity index is 700. The molecule has 0 spiro atoms. The number of ether oxygens (including phenoxy) is 1. The number of carboxylic acid groups (broad SMARTS) is 1. The SMILES string of the molecule is CCOC(=O)C(Nc1ccccc1C(=O)O)c1ccc(Cl)cc1. The number of carboxylic acids is 1. The number of hydrogen-bond donors (Lipinski definition) is 2. The molecule has 0 amide bonds. The molecule has 2 rings (SSSR count). The van der Waals surface area contributed by atoms with E-state index in [1.807, 2.05) is 0 Å². The molecular formula is C17H16ClNO4. The van der Waals surface area contributed by atoms with Crippen molar-refractivity contribution in [2.45, 2.75) is 13.0 Å². The summed E-state index contributed by atoms with van der Waals surface area (Å²) < 4.78 is 5.08. The lowest BCUT2D eigenvalue weighted by Crippen LogP contribution is -2.24. The molecule has 2 N–H and O–H groups in total. The van der Waals surface area contributed by atoms with Crippen LogP contribution in [0.25, 0.3) is 0 Å². The molecule has 120 valence electrons. The molecule has 1 unspecified atom stereocenters. The summed E-state index contributed by atoms with van der Waals surface area (Å²) in [5.41, 5.74) is 1.05. The van der Waals surface area contributed by atoms with E-state index in [0.717, 1.165) is 0 Å². The molecule has 6 heteroatoms. The third-order valence-electron chi connectivity index (χ3n) is 3.18. The first-order valence-electron chi connectivity index (χ1n) is 7.04. The molecule has 0 aliphatic heterocycles. The standard InChI is InChI=1S/C17H16ClNO4/c1-2-23-17(22)15(11-7-9-12(18)10-8-11)19-14-6-4-3-5-13(14)16(20)21/h3-10,15,19H,2H2,1H3,(H,20,21). The van der Waals surface area contributed by atoms with Gasteiger partial charge in [-0.1, -0.05) is 35.9 Å². The van der Waals surface area contributed by atoms with Gasteiger partial charge < -0.3 is 15.2 Å². The Morgan fingerprint density at radius 3 is 2.43 bits per heavy atom. The predicted molar refractivity (Wildman–Crippen MR) is 87.9 cm³/mol. The summed E-state index contributed by atoms with van der Waals surface area (Å²) >= 11 is 5.87. The van der Waals surface area contributed by atoms with Crippen molar-refractivity contribution < 1.29 is 19.4 Å². The number of carbonyl (C=O) groups excluding carboxylic acids is 1. The second-order valence-electron chi connectivity index (χ2n) is 4.73. The Balaban J connectivity index is 2.37. The van der Waals surface area contributed by atoms with Gasteiger partial charge in [0.2, 0.25) is 0 Å². The first kappa shape index (κ1) is 16.8. The molecule has 0 radical (unpaired) electrons. The van der Waals surface area contributed by atoms with Crippen molar-refractivity contribution in [2.75, 3.05) is 11.9 Å². The third kappa shape index (κ3) is 4.23. The number of aromatic carboxylic acids is 1. The zero-order chi connectivity index (χ0) is 16.8.